The fourth-order valence-corrected chi connectivity index (χ4v) is 8.65. The first kappa shape index (κ1) is 26.2. The van der Waals surface area contributed by atoms with Gasteiger partial charge in [-0.25, -0.2) is 0 Å². The Morgan fingerprint density at radius 3 is 2.87 bits per heavy atom. The highest BCUT2D eigenvalue weighted by Gasteiger charge is 2.63. The van der Waals surface area contributed by atoms with E-state index in [1.165, 1.54) is 16.5 Å². The van der Waals surface area contributed by atoms with Crippen LogP contribution in [0.15, 0.2) is 53.9 Å². The number of benzene rings is 1. The van der Waals surface area contributed by atoms with Gasteiger partial charge in [0, 0.05) is 29.1 Å². The second kappa shape index (κ2) is 9.87. The molecule has 3 fully saturated rings. The maximum Gasteiger partial charge on any atom is 0.248 e. The Bertz CT molecular complexity index is 1370. The fraction of sp³-hybridized carbons (Fsp3) is 0.545. The van der Waals surface area contributed by atoms with Crippen molar-refractivity contribution in [2.24, 2.45) is 28.6 Å². The van der Waals surface area contributed by atoms with Crippen molar-refractivity contribution in [2.45, 2.75) is 70.8 Å². The van der Waals surface area contributed by atoms with Gasteiger partial charge in [-0.05, 0) is 92.2 Å². The molecule has 0 bridgehead atoms. The van der Waals surface area contributed by atoms with Crippen LogP contribution in [0.25, 0.3) is 10.9 Å². The first-order valence-electron chi connectivity index (χ1n) is 14.6. The van der Waals surface area contributed by atoms with Crippen LogP contribution in [0.1, 0.15) is 64.4 Å². The van der Waals surface area contributed by atoms with E-state index >= 15 is 0 Å². The van der Waals surface area contributed by atoms with E-state index in [4.69, 9.17) is 11.3 Å². The van der Waals surface area contributed by atoms with Crippen LogP contribution in [0.3, 0.4) is 0 Å². The Labute approximate surface area is 231 Å². The van der Waals surface area contributed by atoms with E-state index in [9.17, 15) is 9.90 Å². The number of H-pyrrole nitrogens is 1. The second-order valence-electron chi connectivity index (χ2n) is 12.7. The van der Waals surface area contributed by atoms with E-state index in [0.29, 0.717) is 24.3 Å². The van der Waals surface area contributed by atoms with Crippen LogP contribution in [0.2, 0.25) is 0 Å². The predicted octanol–water partition coefficient (Wildman–Crippen LogP) is 5.17. The van der Waals surface area contributed by atoms with Crippen LogP contribution in [0.5, 0.6) is 0 Å². The molecule has 6 rings (SSSR count). The molecule has 206 valence electrons. The summed E-state index contributed by atoms with van der Waals surface area (Å²) < 4.78 is 0. The largest absolute Gasteiger partial charge is 0.377 e. The summed E-state index contributed by atoms with van der Waals surface area (Å²) in [5.74, 6) is 4.36. The molecule has 39 heavy (non-hydrogen) atoms. The monoisotopic (exact) mass is 527 g/mol. The van der Waals surface area contributed by atoms with Gasteiger partial charge in [0.2, 0.25) is 5.91 Å². The first-order chi connectivity index (χ1) is 18.8. The molecule has 1 aromatic heterocycles. The number of carbonyl (C=O) groups is 1. The van der Waals surface area contributed by atoms with Gasteiger partial charge >= 0.3 is 0 Å². The van der Waals surface area contributed by atoms with Gasteiger partial charge < -0.3 is 15.4 Å². The Hall–Kier alpha value is -3.01. The third-order valence-electron chi connectivity index (χ3n) is 11.0. The smallest absolute Gasteiger partial charge is 0.248 e. The lowest BCUT2D eigenvalue weighted by Crippen LogP contribution is -2.54. The average molecular weight is 528 g/mol. The Morgan fingerprint density at radius 2 is 2.03 bits per heavy atom. The number of aromatic nitrogens is 1. The number of hydroxylamine groups is 1. The summed E-state index contributed by atoms with van der Waals surface area (Å²) in [6.07, 6.45) is 20.1. The van der Waals surface area contributed by atoms with Gasteiger partial charge in [0.15, 0.2) is 6.61 Å². The van der Waals surface area contributed by atoms with Crippen molar-refractivity contribution < 1.29 is 14.7 Å². The quantitative estimate of drug-likeness (QED) is 0.296. The molecular formula is C33H41N3O3. The van der Waals surface area contributed by atoms with E-state index in [1.54, 1.807) is 0 Å². The molecule has 4 aliphatic carbocycles. The normalized spacial score (nSPS) is 35.2. The number of nitrogens with one attached hydrogen (secondary N) is 3. The molecule has 0 unspecified atom stereocenters. The molecular weight excluding hydrogens is 486 g/mol. The van der Waals surface area contributed by atoms with E-state index < -0.39 is 5.60 Å². The number of aliphatic hydroxyl groups is 1. The Balaban J connectivity index is 1.00. The van der Waals surface area contributed by atoms with Gasteiger partial charge in [-0.2, -0.15) is 0 Å². The van der Waals surface area contributed by atoms with Gasteiger partial charge in [-0.1, -0.05) is 49.6 Å². The minimum absolute atomic E-state index is 0.0330. The number of allylic oxidation sites excluding steroid dienone is 3. The molecule has 0 saturated heterocycles. The van der Waals surface area contributed by atoms with Gasteiger partial charge in [0.25, 0.3) is 0 Å². The number of para-hydroxylation sites is 1. The zero-order chi connectivity index (χ0) is 27.3. The van der Waals surface area contributed by atoms with Crippen LogP contribution >= 0.6 is 0 Å². The first-order valence-corrected chi connectivity index (χ1v) is 14.6. The maximum atomic E-state index is 12.3. The standard InChI is InChI=1S/C33H41N3O3/c1-4-33(38)17-13-28-26-10-9-23-19-24(11-15-31(23,2)27(26)12-16-32(28,33)3)36-39-21-30(37)34-18-14-22-20-35-29-8-6-5-7-25(22)29/h1,5-8,11,19-20,26-28,35-36,38H,9-10,12-18,21H2,2-3H3,(H,34,37)/t26-,27+,28-,31+,32-,33-/m0/s1. The minimum atomic E-state index is -0.955. The van der Waals surface area contributed by atoms with Crippen molar-refractivity contribution in [3.63, 3.8) is 0 Å². The summed E-state index contributed by atoms with van der Waals surface area (Å²) in [6, 6.07) is 8.20. The van der Waals surface area contributed by atoms with Crippen molar-refractivity contribution in [2.75, 3.05) is 13.2 Å². The lowest BCUT2D eigenvalue weighted by Gasteiger charge is -2.58. The van der Waals surface area contributed by atoms with Gasteiger partial charge in [-0.3, -0.25) is 15.1 Å². The molecule has 6 nitrogen and oxygen atoms in total. The fourth-order valence-electron chi connectivity index (χ4n) is 8.65. The van der Waals surface area contributed by atoms with Crippen LogP contribution in [-0.2, 0) is 16.1 Å². The van der Waals surface area contributed by atoms with Crippen LogP contribution in [0, 0.1) is 40.9 Å². The summed E-state index contributed by atoms with van der Waals surface area (Å²) in [6.45, 7) is 5.20. The Kier molecular flexibility index (Phi) is 6.64. The number of terminal acetylenes is 1. The number of aromatic amines is 1. The third-order valence-corrected chi connectivity index (χ3v) is 11.0. The number of fused-ring (bicyclic) bond motifs is 6. The molecule has 1 amide bonds. The van der Waals surface area contributed by atoms with Crippen molar-refractivity contribution in [1.29, 1.82) is 0 Å². The summed E-state index contributed by atoms with van der Waals surface area (Å²) in [7, 11) is 0. The third kappa shape index (κ3) is 4.31. The SMILES string of the molecule is C#C[C@]1(O)CC[C@H]2[C@H]3CCC4=CC(NOCC(=O)NCCc5c[nH]c6ccccc56)=CC[C@@]4(C)[C@@H]3CC[C@@]21C. The van der Waals surface area contributed by atoms with Crippen LogP contribution in [-0.4, -0.2) is 34.8 Å². The van der Waals surface area contributed by atoms with Crippen LogP contribution < -0.4 is 10.8 Å². The van der Waals surface area contributed by atoms with E-state index in [2.05, 4.69) is 59.8 Å². The topological polar surface area (TPSA) is 86.4 Å². The molecule has 0 aliphatic heterocycles. The number of rotatable bonds is 7. The molecule has 0 spiro atoms. The van der Waals surface area contributed by atoms with Crippen molar-refractivity contribution in [3.05, 3.63) is 59.4 Å². The lowest BCUT2D eigenvalue weighted by molar-refractivity contribution is -0.127. The molecule has 3 saturated carbocycles. The van der Waals surface area contributed by atoms with E-state index in [0.717, 1.165) is 62.6 Å². The molecule has 0 radical (unpaired) electrons. The summed E-state index contributed by atoms with van der Waals surface area (Å²) >= 11 is 0. The minimum Gasteiger partial charge on any atom is -0.377 e. The predicted molar refractivity (Wildman–Crippen MR) is 153 cm³/mol. The van der Waals surface area contributed by atoms with Gasteiger partial charge in [0.1, 0.15) is 5.60 Å². The molecule has 6 atom stereocenters. The maximum absolute atomic E-state index is 12.3. The summed E-state index contributed by atoms with van der Waals surface area (Å²) in [4.78, 5) is 21.2. The number of hydrogen-bond donors (Lipinski definition) is 4. The molecule has 1 aromatic carbocycles. The van der Waals surface area contributed by atoms with Crippen molar-refractivity contribution >= 4 is 16.8 Å². The molecule has 4 aliphatic rings. The summed E-state index contributed by atoms with van der Waals surface area (Å²) in [5, 5.41) is 15.4. The van der Waals surface area contributed by atoms with Gasteiger partial charge in [0.05, 0.1) is 5.70 Å². The highest BCUT2D eigenvalue weighted by Crippen LogP contribution is 2.67. The van der Waals surface area contributed by atoms with E-state index in [-0.39, 0.29) is 23.3 Å². The molecule has 1 heterocycles. The van der Waals surface area contributed by atoms with Crippen LogP contribution in [0.4, 0.5) is 0 Å². The number of amides is 1. The lowest BCUT2D eigenvalue weighted by atomic mass is 9.47. The molecule has 4 N–H and O–H groups in total. The van der Waals surface area contributed by atoms with E-state index in [1.807, 2.05) is 18.3 Å². The highest BCUT2D eigenvalue weighted by molar-refractivity contribution is 5.83. The second-order valence-corrected chi connectivity index (χ2v) is 12.7. The number of hydrogen-bond acceptors (Lipinski definition) is 4. The average Bonchev–Trinajstić information content (AvgIpc) is 3.47. The summed E-state index contributed by atoms with van der Waals surface area (Å²) in [5.41, 5.74) is 6.77. The molecule has 6 heteroatoms. The van der Waals surface area contributed by atoms with Crippen molar-refractivity contribution in [3.8, 4) is 12.3 Å². The highest BCUT2D eigenvalue weighted by atomic mass is 16.6. The Morgan fingerprint density at radius 1 is 1.21 bits per heavy atom. The zero-order valence-corrected chi connectivity index (χ0v) is 23.2. The van der Waals surface area contributed by atoms with Gasteiger partial charge in [-0.15, -0.1) is 6.42 Å². The number of carbonyl (C=O) groups excluding carboxylic acids is 1. The molecule has 2 aromatic rings. The van der Waals surface area contributed by atoms with Crippen molar-refractivity contribution in [1.82, 2.24) is 15.8 Å². The zero-order valence-electron chi connectivity index (χ0n) is 23.2.